The molecule has 1 fully saturated rings. The number of para-hydroxylation sites is 1. The van der Waals surface area contributed by atoms with Crippen LogP contribution in [0.2, 0.25) is 0 Å². The first-order chi connectivity index (χ1) is 11.5. The number of rotatable bonds is 3. The highest BCUT2D eigenvalue weighted by atomic mass is 32.2. The SMILES string of the molecule is C[C@H](SC1=Nc2ccccc2CS1)C(=O)N1CCC[C@@H](C(N)=O)C1. The molecule has 128 valence electrons. The van der Waals surface area contributed by atoms with E-state index in [4.69, 9.17) is 5.73 Å². The van der Waals surface area contributed by atoms with Crippen molar-refractivity contribution in [2.24, 2.45) is 16.6 Å². The van der Waals surface area contributed by atoms with E-state index in [9.17, 15) is 9.59 Å². The molecule has 0 aliphatic carbocycles. The first-order valence-electron chi connectivity index (χ1n) is 8.08. The van der Waals surface area contributed by atoms with Crippen LogP contribution in [0.3, 0.4) is 0 Å². The molecule has 0 aromatic heterocycles. The van der Waals surface area contributed by atoms with Crippen molar-refractivity contribution in [3.63, 3.8) is 0 Å². The maximum atomic E-state index is 12.7. The molecule has 7 heteroatoms. The van der Waals surface area contributed by atoms with E-state index >= 15 is 0 Å². The second-order valence-electron chi connectivity index (χ2n) is 6.08. The Morgan fingerprint density at radius 3 is 3.00 bits per heavy atom. The molecule has 2 aliphatic rings. The molecule has 0 spiro atoms. The molecule has 3 rings (SSSR count). The third kappa shape index (κ3) is 3.95. The van der Waals surface area contributed by atoms with Crippen molar-refractivity contribution in [2.75, 3.05) is 13.1 Å². The van der Waals surface area contributed by atoms with Gasteiger partial charge in [-0.1, -0.05) is 41.7 Å². The molecule has 0 bridgehead atoms. The Balaban J connectivity index is 1.63. The minimum Gasteiger partial charge on any atom is -0.369 e. The molecule has 2 heterocycles. The lowest BCUT2D eigenvalue weighted by Crippen LogP contribution is -2.46. The zero-order valence-electron chi connectivity index (χ0n) is 13.6. The fourth-order valence-electron chi connectivity index (χ4n) is 2.94. The van der Waals surface area contributed by atoms with Crippen LogP contribution in [0.15, 0.2) is 29.3 Å². The zero-order chi connectivity index (χ0) is 17.1. The largest absolute Gasteiger partial charge is 0.369 e. The minimum absolute atomic E-state index is 0.0631. The van der Waals surface area contributed by atoms with Crippen molar-refractivity contribution >= 4 is 45.4 Å². The molecule has 2 N–H and O–H groups in total. The quantitative estimate of drug-likeness (QED) is 0.896. The van der Waals surface area contributed by atoms with Crippen LogP contribution < -0.4 is 5.73 Å². The maximum Gasteiger partial charge on any atom is 0.235 e. The fourth-order valence-corrected chi connectivity index (χ4v) is 5.21. The summed E-state index contributed by atoms with van der Waals surface area (Å²) < 4.78 is 0.929. The molecule has 2 aliphatic heterocycles. The Hall–Kier alpha value is -1.47. The maximum absolute atomic E-state index is 12.7. The van der Waals surface area contributed by atoms with E-state index in [2.05, 4.69) is 11.1 Å². The number of carbonyl (C=O) groups excluding carboxylic acids is 2. The number of primary amides is 1. The molecule has 0 unspecified atom stereocenters. The van der Waals surface area contributed by atoms with Gasteiger partial charge in [0.25, 0.3) is 0 Å². The number of carbonyl (C=O) groups is 2. The summed E-state index contributed by atoms with van der Waals surface area (Å²) in [5.74, 6) is 0.425. The van der Waals surface area contributed by atoms with E-state index in [1.54, 1.807) is 16.7 Å². The molecule has 0 radical (unpaired) electrons. The van der Waals surface area contributed by atoms with Crippen LogP contribution in [0.5, 0.6) is 0 Å². The average molecular weight is 364 g/mol. The van der Waals surface area contributed by atoms with E-state index < -0.39 is 0 Å². The topological polar surface area (TPSA) is 75.8 Å². The molecule has 2 atom stereocenters. The van der Waals surface area contributed by atoms with Crippen molar-refractivity contribution in [1.82, 2.24) is 4.90 Å². The number of amides is 2. The molecule has 24 heavy (non-hydrogen) atoms. The third-order valence-electron chi connectivity index (χ3n) is 4.32. The number of likely N-dealkylation sites (tertiary alicyclic amines) is 1. The monoisotopic (exact) mass is 363 g/mol. The van der Waals surface area contributed by atoms with E-state index in [0.29, 0.717) is 13.1 Å². The molecular formula is C17H21N3O2S2. The van der Waals surface area contributed by atoms with Crippen molar-refractivity contribution in [2.45, 2.75) is 30.8 Å². The van der Waals surface area contributed by atoms with Crippen LogP contribution in [-0.2, 0) is 15.3 Å². The molecule has 5 nitrogen and oxygen atoms in total. The Bertz CT molecular complexity index is 678. The van der Waals surface area contributed by atoms with Crippen LogP contribution in [-0.4, -0.2) is 39.4 Å². The zero-order valence-corrected chi connectivity index (χ0v) is 15.2. The van der Waals surface area contributed by atoms with Gasteiger partial charge in [-0.25, -0.2) is 4.99 Å². The summed E-state index contributed by atoms with van der Waals surface area (Å²) in [7, 11) is 0. The van der Waals surface area contributed by atoms with Gasteiger partial charge in [0, 0.05) is 18.8 Å². The van der Waals surface area contributed by atoms with Gasteiger partial charge in [0.05, 0.1) is 16.9 Å². The smallest absolute Gasteiger partial charge is 0.235 e. The van der Waals surface area contributed by atoms with Crippen molar-refractivity contribution < 1.29 is 9.59 Å². The fraction of sp³-hybridized carbons (Fsp3) is 0.471. The van der Waals surface area contributed by atoms with Crippen LogP contribution in [0.4, 0.5) is 5.69 Å². The van der Waals surface area contributed by atoms with Gasteiger partial charge in [0.15, 0.2) is 0 Å². The second kappa shape index (κ2) is 7.61. The van der Waals surface area contributed by atoms with E-state index in [-0.39, 0.29) is 23.0 Å². The van der Waals surface area contributed by atoms with Crippen LogP contribution >= 0.6 is 23.5 Å². The van der Waals surface area contributed by atoms with Gasteiger partial charge >= 0.3 is 0 Å². The Morgan fingerprint density at radius 1 is 1.42 bits per heavy atom. The van der Waals surface area contributed by atoms with Crippen molar-refractivity contribution in [1.29, 1.82) is 0 Å². The summed E-state index contributed by atoms with van der Waals surface area (Å²) in [6.45, 7) is 3.06. The lowest BCUT2D eigenvalue weighted by Gasteiger charge is -2.33. The van der Waals surface area contributed by atoms with E-state index in [0.717, 1.165) is 28.7 Å². The predicted molar refractivity (Wildman–Crippen MR) is 100 cm³/mol. The number of nitrogens with zero attached hydrogens (tertiary/aromatic N) is 2. The van der Waals surface area contributed by atoms with Gasteiger partial charge in [0.1, 0.15) is 4.38 Å². The second-order valence-corrected chi connectivity index (χ2v) is 8.63. The standard InChI is InChI=1S/C17H21N3O2S2/c1-11(16(22)20-8-4-6-12(9-20)15(18)21)24-17-19-14-7-3-2-5-13(14)10-23-17/h2-3,5,7,11-12H,4,6,8-10H2,1H3,(H2,18,21)/t11-,12+/m0/s1. The first-order valence-corrected chi connectivity index (χ1v) is 9.95. The molecule has 2 amide bonds. The Labute approximate surface area is 150 Å². The summed E-state index contributed by atoms with van der Waals surface area (Å²) in [6.07, 6.45) is 1.61. The lowest BCUT2D eigenvalue weighted by molar-refractivity contribution is -0.134. The van der Waals surface area contributed by atoms with Crippen LogP contribution in [0.25, 0.3) is 0 Å². The molecule has 1 aromatic rings. The van der Waals surface area contributed by atoms with Crippen molar-refractivity contribution in [3.8, 4) is 0 Å². The van der Waals surface area contributed by atoms with Gasteiger partial charge in [-0.05, 0) is 31.4 Å². The molecule has 0 saturated carbocycles. The number of nitrogens with two attached hydrogens (primary N) is 1. The van der Waals surface area contributed by atoms with Crippen LogP contribution in [0, 0.1) is 5.92 Å². The summed E-state index contributed by atoms with van der Waals surface area (Å²) in [6, 6.07) is 8.08. The van der Waals surface area contributed by atoms with E-state index in [1.807, 2.05) is 25.1 Å². The van der Waals surface area contributed by atoms with Crippen LogP contribution in [0.1, 0.15) is 25.3 Å². The third-order valence-corrected chi connectivity index (χ3v) is 6.60. The molecule has 1 saturated heterocycles. The molecule has 1 aromatic carbocycles. The highest BCUT2D eigenvalue weighted by Crippen LogP contribution is 2.36. The summed E-state index contributed by atoms with van der Waals surface area (Å²) in [4.78, 5) is 30.5. The first kappa shape index (κ1) is 17.4. The van der Waals surface area contributed by atoms with Gasteiger partial charge in [-0.15, -0.1) is 0 Å². The highest BCUT2D eigenvalue weighted by Gasteiger charge is 2.30. The van der Waals surface area contributed by atoms with Gasteiger partial charge < -0.3 is 10.6 Å². The normalized spacial score (nSPS) is 21.6. The Kier molecular flexibility index (Phi) is 5.50. The molecular weight excluding hydrogens is 342 g/mol. The van der Waals surface area contributed by atoms with Gasteiger partial charge in [-0.2, -0.15) is 0 Å². The number of piperidine rings is 1. The van der Waals surface area contributed by atoms with Crippen molar-refractivity contribution in [3.05, 3.63) is 29.8 Å². The summed E-state index contributed by atoms with van der Waals surface area (Å²) in [5, 5.41) is -0.215. The number of thioether (sulfide) groups is 2. The number of hydrogen-bond acceptors (Lipinski definition) is 5. The van der Waals surface area contributed by atoms with E-state index in [1.165, 1.54) is 17.3 Å². The van der Waals surface area contributed by atoms with Gasteiger partial charge in [-0.3, -0.25) is 9.59 Å². The summed E-state index contributed by atoms with van der Waals surface area (Å²) >= 11 is 3.17. The highest BCUT2D eigenvalue weighted by molar-refractivity contribution is 8.39. The average Bonchev–Trinajstić information content (AvgIpc) is 2.61. The number of fused-ring (bicyclic) bond motifs is 1. The Morgan fingerprint density at radius 2 is 2.21 bits per heavy atom. The van der Waals surface area contributed by atoms with Gasteiger partial charge in [0.2, 0.25) is 11.8 Å². The lowest BCUT2D eigenvalue weighted by atomic mass is 9.97. The number of aliphatic imine (C=N–C) groups is 1. The number of hydrogen-bond donors (Lipinski definition) is 1. The minimum atomic E-state index is -0.309. The number of benzene rings is 1. The predicted octanol–water partition coefficient (Wildman–Crippen LogP) is 2.77. The summed E-state index contributed by atoms with van der Waals surface area (Å²) in [5.41, 5.74) is 7.61.